The number of aliphatic hydroxyl groups is 5. The van der Waals surface area contributed by atoms with Gasteiger partial charge in [-0.3, -0.25) is 9.97 Å². The summed E-state index contributed by atoms with van der Waals surface area (Å²) < 4.78 is 0. The van der Waals surface area contributed by atoms with Gasteiger partial charge in [-0.05, 0) is 5.92 Å². The maximum absolute atomic E-state index is 10.0. The van der Waals surface area contributed by atoms with E-state index in [1.165, 1.54) is 12.4 Å². The van der Waals surface area contributed by atoms with E-state index < -0.39 is 31.0 Å². The fourth-order valence-electron chi connectivity index (χ4n) is 1.82. The maximum atomic E-state index is 10.0. The predicted octanol–water partition coefficient (Wildman–Crippen LogP) is -0.826. The molecule has 0 fully saturated rings. The molecule has 1 heterocycles. The lowest BCUT2D eigenvalue weighted by Crippen LogP contribution is -2.31. The molecule has 0 aliphatic rings. The summed E-state index contributed by atoms with van der Waals surface area (Å²) in [6.07, 6.45) is -0.922. The number of aliphatic hydroxyl groups excluding tert-OH is 5. The molecule has 0 spiro atoms. The van der Waals surface area contributed by atoms with E-state index in [0.717, 1.165) is 6.42 Å². The largest absolute Gasteiger partial charge is 0.394 e. The standard InChI is InChI=1S/C14H24N2O5/c1-3-8(2)13(20)14(21)10-6-15-9(5-16-10)4-11(18)12(19)7-17/h5-6,8,11-14,17-21H,3-4,7H2,1-2H3. The molecule has 0 radical (unpaired) electrons. The Kier molecular flexibility index (Phi) is 7.13. The zero-order chi connectivity index (χ0) is 16.0. The van der Waals surface area contributed by atoms with E-state index in [1.54, 1.807) is 0 Å². The smallest absolute Gasteiger partial charge is 0.124 e. The lowest BCUT2D eigenvalue weighted by atomic mass is 9.96. The van der Waals surface area contributed by atoms with Gasteiger partial charge in [-0.15, -0.1) is 0 Å². The Morgan fingerprint density at radius 2 is 1.71 bits per heavy atom. The van der Waals surface area contributed by atoms with Crippen LogP contribution in [0, 0.1) is 5.92 Å². The van der Waals surface area contributed by atoms with Crippen molar-refractivity contribution in [3.8, 4) is 0 Å². The summed E-state index contributed by atoms with van der Waals surface area (Å²) in [5.41, 5.74) is 0.674. The summed E-state index contributed by atoms with van der Waals surface area (Å²) in [5, 5.41) is 47.5. The third-order valence-electron chi connectivity index (χ3n) is 3.63. The third kappa shape index (κ3) is 4.98. The van der Waals surface area contributed by atoms with Crippen LogP contribution in [0.15, 0.2) is 12.4 Å². The van der Waals surface area contributed by atoms with Crippen molar-refractivity contribution in [1.29, 1.82) is 0 Å². The molecule has 0 saturated heterocycles. The quantitative estimate of drug-likeness (QED) is 0.424. The van der Waals surface area contributed by atoms with Crippen molar-refractivity contribution in [3.05, 3.63) is 23.8 Å². The second-order valence-electron chi connectivity index (χ2n) is 5.27. The Bertz CT molecular complexity index is 414. The molecule has 0 aromatic carbocycles. The van der Waals surface area contributed by atoms with E-state index in [9.17, 15) is 20.4 Å². The van der Waals surface area contributed by atoms with Gasteiger partial charge in [0, 0.05) is 12.6 Å². The number of hydrogen-bond acceptors (Lipinski definition) is 7. The first kappa shape index (κ1) is 17.9. The minimum atomic E-state index is -1.23. The first-order valence-electron chi connectivity index (χ1n) is 7.04. The topological polar surface area (TPSA) is 127 Å². The first-order chi connectivity index (χ1) is 9.90. The highest BCUT2D eigenvalue weighted by atomic mass is 16.4. The Labute approximate surface area is 123 Å². The van der Waals surface area contributed by atoms with E-state index >= 15 is 0 Å². The van der Waals surface area contributed by atoms with Crippen LogP contribution in [-0.4, -0.2) is 60.4 Å². The van der Waals surface area contributed by atoms with Gasteiger partial charge in [0.2, 0.25) is 0 Å². The fraction of sp³-hybridized carbons (Fsp3) is 0.714. The number of hydrogen-bond donors (Lipinski definition) is 5. The Balaban J connectivity index is 2.69. The molecule has 0 aliphatic carbocycles. The van der Waals surface area contributed by atoms with Crippen LogP contribution in [0.2, 0.25) is 0 Å². The molecule has 21 heavy (non-hydrogen) atoms. The van der Waals surface area contributed by atoms with Crippen molar-refractivity contribution in [3.63, 3.8) is 0 Å². The molecule has 5 atom stereocenters. The van der Waals surface area contributed by atoms with Crippen molar-refractivity contribution in [1.82, 2.24) is 9.97 Å². The molecule has 120 valence electrons. The average molecular weight is 300 g/mol. The van der Waals surface area contributed by atoms with E-state index in [-0.39, 0.29) is 18.0 Å². The number of rotatable bonds is 8. The Hall–Kier alpha value is -1.12. The van der Waals surface area contributed by atoms with Crippen LogP contribution in [-0.2, 0) is 6.42 Å². The highest BCUT2D eigenvalue weighted by Crippen LogP contribution is 2.21. The molecule has 1 aromatic rings. The summed E-state index contributed by atoms with van der Waals surface area (Å²) in [6.45, 7) is 3.22. The van der Waals surface area contributed by atoms with Crippen LogP contribution < -0.4 is 0 Å². The summed E-state index contributed by atoms with van der Waals surface area (Å²) >= 11 is 0. The maximum Gasteiger partial charge on any atom is 0.124 e. The molecule has 1 aromatic heterocycles. The van der Waals surface area contributed by atoms with Gasteiger partial charge < -0.3 is 25.5 Å². The SMILES string of the molecule is CCC(C)C(O)C(O)c1cnc(CC(O)C(O)CO)cn1. The normalized spacial score (nSPS) is 18.8. The molecular weight excluding hydrogens is 276 g/mol. The van der Waals surface area contributed by atoms with Gasteiger partial charge in [0.05, 0.1) is 36.4 Å². The fourth-order valence-corrected chi connectivity index (χ4v) is 1.82. The second-order valence-corrected chi connectivity index (χ2v) is 5.27. The van der Waals surface area contributed by atoms with Gasteiger partial charge in [-0.2, -0.15) is 0 Å². The van der Waals surface area contributed by atoms with E-state index in [4.69, 9.17) is 5.11 Å². The number of aromatic nitrogens is 2. The summed E-state index contributed by atoms with van der Waals surface area (Å²) in [6, 6.07) is 0. The minimum Gasteiger partial charge on any atom is -0.394 e. The van der Waals surface area contributed by atoms with Crippen LogP contribution in [0.4, 0.5) is 0 Å². The van der Waals surface area contributed by atoms with Gasteiger partial charge >= 0.3 is 0 Å². The minimum absolute atomic E-state index is 0.0407. The molecule has 0 amide bonds. The van der Waals surface area contributed by atoms with Gasteiger partial charge in [-0.1, -0.05) is 20.3 Å². The van der Waals surface area contributed by atoms with Crippen LogP contribution in [0.25, 0.3) is 0 Å². The van der Waals surface area contributed by atoms with Crippen molar-refractivity contribution in [2.45, 2.75) is 51.1 Å². The lowest BCUT2D eigenvalue weighted by Gasteiger charge is -2.22. The van der Waals surface area contributed by atoms with Gasteiger partial charge in [0.15, 0.2) is 0 Å². The summed E-state index contributed by atoms with van der Waals surface area (Å²) in [7, 11) is 0. The third-order valence-corrected chi connectivity index (χ3v) is 3.63. The van der Waals surface area contributed by atoms with E-state index in [2.05, 4.69) is 9.97 Å². The summed E-state index contributed by atoms with van der Waals surface area (Å²) in [4.78, 5) is 8.06. The monoisotopic (exact) mass is 300 g/mol. The van der Waals surface area contributed by atoms with E-state index in [1.807, 2.05) is 13.8 Å². The number of nitrogens with zero attached hydrogens (tertiary/aromatic N) is 2. The van der Waals surface area contributed by atoms with Gasteiger partial charge in [0.1, 0.15) is 12.2 Å². The van der Waals surface area contributed by atoms with Crippen LogP contribution in [0.3, 0.4) is 0 Å². The van der Waals surface area contributed by atoms with Gasteiger partial charge in [-0.25, -0.2) is 0 Å². The van der Waals surface area contributed by atoms with Crippen LogP contribution >= 0.6 is 0 Å². The molecular formula is C14H24N2O5. The highest BCUT2D eigenvalue weighted by Gasteiger charge is 2.24. The molecule has 5 unspecified atom stereocenters. The molecule has 0 saturated carbocycles. The first-order valence-corrected chi connectivity index (χ1v) is 7.04. The van der Waals surface area contributed by atoms with Crippen molar-refractivity contribution >= 4 is 0 Å². The van der Waals surface area contributed by atoms with Crippen molar-refractivity contribution < 1.29 is 25.5 Å². The van der Waals surface area contributed by atoms with Gasteiger partial charge in [0.25, 0.3) is 0 Å². The van der Waals surface area contributed by atoms with Crippen molar-refractivity contribution in [2.24, 2.45) is 5.92 Å². The lowest BCUT2D eigenvalue weighted by molar-refractivity contribution is -0.0177. The van der Waals surface area contributed by atoms with Crippen LogP contribution in [0.5, 0.6) is 0 Å². The molecule has 0 bridgehead atoms. The van der Waals surface area contributed by atoms with E-state index in [0.29, 0.717) is 5.69 Å². The zero-order valence-electron chi connectivity index (χ0n) is 12.3. The zero-order valence-corrected chi connectivity index (χ0v) is 12.3. The molecule has 1 rings (SSSR count). The summed E-state index contributed by atoms with van der Waals surface area (Å²) in [5.74, 6) is -0.0667. The molecule has 0 aliphatic heterocycles. The highest BCUT2D eigenvalue weighted by molar-refractivity contribution is 5.07. The molecule has 5 N–H and O–H groups in total. The Morgan fingerprint density at radius 1 is 1.05 bits per heavy atom. The molecule has 7 heteroatoms. The van der Waals surface area contributed by atoms with Crippen molar-refractivity contribution in [2.75, 3.05) is 6.61 Å². The molecule has 7 nitrogen and oxygen atoms in total. The second kappa shape index (κ2) is 8.35. The predicted molar refractivity (Wildman–Crippen MR) is 75.3 cm³/mol. The average Bonchev–Trinajstić information content (AvgIpc) is 2.52. The Morgan fingerprint density at radius 3 is 2.19 bits per heavy atom. The van der Waals surface area contributed by atoms with Crippen LogP contribution in [0.1, 0.15) is 37.8 Å².